The summed E-state index contributed by atoms with van der Waals surface area (Å²) in [6.45, 7) is 8.51. The van der Waals surface area contributed by atoms with Crippen LogP contribution in [0.2, 0.25) is 0 Å². The van der Waals surface area contributed by atoms with Crippen LogP contribution < -0.4 is 0 Å². The highest BCUT2D eigenvalue weighted by atomic mass is 16.5. The van der Waals surface area contributed by atoms with Gasteiger partial charge in [-0.25, -0.2) is 0 Å². The van der Waals surface area contributed by atoms with Crippen molar-refractivity contribution >= 4 is 11.8 Å². The van der Waals surface area contributed by atoms with Crippen molar-refractivity contribution in [1.29, 1.82) is 0 Å². The zero-order chi connectivity index (χ0) is 18.0. The van der Waals surface area contributed by atoms with E-state index >= 15 is 0 Å². The van der Waals surface area contributed by atoms with Gasteiger partial charge in [-0.2, -0.15) is 0 Å². The van der Waals surface area contributed by atoms with Crippen LogP contribution in [0.25, 0.3) is 0 Å². The molecule has 2 amide bonds. The van der Waals surface area contributed by atoms with Crippen molar-refractivity contribution in [3.8, 4) is 0 Å². The number of piperidine rings is 1. The van der Waals surface area contributed by atoms with E-state index in [2.05, 4.69) is 0 Å². The summed E-state index contributed by atoms with van der Waals surface area (Å²) >= 11 is 0. The summed E-state index contributed by atoms with van der Waals surface area (Å²) in [5.74, 6) is 0.0980. The average molecular weight is 344 g/mol. The summed E-state index contributed by atoms with van der Waals surface area (Å²) in [5, 5.41) is 0. The van der Waals surface area contributed by atoms with Gasteiger partial charge < -0.3 is 14.5 Å². The Morgan fingerprint density at radius 2 is 1.84 bits per heavy atom. The molecule has 1 aromatic rings. The third-order valence-corrected chi connectivity index (χ3v) is 5.25. The number of benzene rings is 1. The molecule has 0 aromatic heterocycles. The lowest BCUT2D eigenvalue weighted by Crippen LogP contribution is -2.54. The van der Waals surface area contributed by atoms with E-state index in [1.165, 1.54) is 0 Å². The Morgan fingerprint density at radius 1 is 1.12 bits per heavy atom. The first kappa shape index (κ1) is 17.9. The van der Waals surface area contributed by atoms with Crippen molar-refractivity contribution in [2.75, 3.05) is 26.2 Å². The van der Waals surface area contributed by atoms with Gasteiger partial charge in [0.2, 0.25) is 5.91 Å². The molecule has 0 bridgehead atoms. The SMILES string of the molecule is Cc1ccc(C(=O)N2CCC[C@H](C(=O)N3C[C@@H](C)OC[C@H]3C)C2)cc1. The zero-order valence-corrected chi connectivity index (χ0v) is 15.4. The average Bonchev–Trinajstić information content (AvgIpc) is 2.63. The van der Waals surface area contributed by atoms with Crippen LogP contribution in [0, 0.1) is 12.8 Å². The lowest BCUT2D eigenvalue weighted by atomic mass is 9.94. The molecule has 2 saturated heterocycles. The number of morpholine rings is 1. The molecule has 3 rings (SSSR count). The molecule has 3 atom stereocenters. The van der Waals surface area contributed by atoms with E-state index in [0.29, 0.717) is 25.3 Å². The predicted octanol–water partition coefficient (Wildman–Crippen LogP) is 2.48. The second kappa shape index (κ2) is 7.56. The second-order valence-electron chi connectivity index (χ2n) is 7.44. The molecule has 2 heterocycles. The molecule has 25 heavy (non-hydrogen) atoms. The minimum atomic E-state index is -0.101. The highest BCUT2D eigenvalue weighted by Crippen LogP contribution is 2.23. The van der Waals surface area contributed by atoms with Crippen molar-refractivity contribution in [3.63, 3.8) is 0 Å². The van der Waals surface area contributed by atoms with Gasteiger partial charge in [0, 0.05) is 25.2 Å². The normalized spacial score (nSPS) is 27.2. The van der Waals surface area contributed by atoms with Gasteiger partial charge in [-0.3, -0.25) is 9.59 Å². The van der Waals surface area contributed by atoms with E-state index in [-0.39, 0.29) is 29.9 Å². The predicted molar refractivity (Wildman–Crippen MR) is 96.4 cm³/mol. The van der Waals surface area contributed by atoms with Gasteiger partial charge in [0.05, 0.1) is 24.7 Å². The van der Waals surface area contributed by atoms with Crippen LogP contribution in [0.3, 0.4) is 0 Å². The van der Waals surface area contributed by atoms with E-state index in [4.69, 9.17) is 4.74 Å². The summed E-state index contributed by atoms with van der Waals surface area (Å²) in [5.41, 5.74) is 1.84. The smallest absolute Gasteiger partial charge is 0.253 e. The molecule has 5 heteroatoms. The summed E-state index contributed by atoms with van der Waals surface area (Å²) in [7, 11) is 0. The fourth-order valence-electron chi connectivity index (χ4n) is 3.69. The molecule has 136 valence electrons. The van der Waals surface area contributed by atoms with Crippen LogP contribution in [0.15, 0.2) is 24.3 Å². The molecule has 0 spiro atoms. The summed E-state index contributed by atoms with van der Waals surface area (Å²) in [6.07, 6.45) is 1.81. The molecule has 2 aliphatic heterocycles. The fraction of sp³-hybridized carbons (Fsp3) is 0.600. The van der Waals surface area contributed by atoms with Crippen LogP contribution in [-0.4, -0.2) is 60.0 Å². The number of nitrogens with zero attached hydrogens (tertiary/aromatic N) is 2. The Hall–Kier alpha value is -1.88. The molecule has 0 aliphatic carbocycles. The minimum absolute atomic E-state index is 0.0286. The summed E-state index contributed by atoms with van der Waals surface area (Å²) in [6, 6.07) is 7.75. The molecular weight excluding hydrogens is 316 g/mol. The number of carbonyl (C=O) groups excluding carboxylic acids is 2. The van der Waals surface area contributed by atoms with E-state index in [1.54, 1.807) is 0 Å². The quantitative estimate of drug-likeness (QED) is 0.828. The Kier molecular flexibility index (Phi) is 5.42. The van der Waals surface area contributed by atoms with Gasteiger partial charge in [0.1, 0.15) is 0 Å². The minimum Gasteiger partial charge on any atom is -0.375 e. The van der Waals surface area contributed by atoms with E-state index in [9.17, 15) is 9.59 Å². The first-order chi connectivity index (χ1) is 12.0. The zero-order valence-electron chi connectivity index (χ0n) is 15.4. The lowest BCUT2D eigenvalue weighted by Gasteiger charge is -2.41. The third-order valence-electron chi connectivity index (χ3n) is 5.25. The number of hydrogen-bond acceptors (Lipinski definition) is 3. The molecular formula is C20H28N2O3. The van der Waals surface area contributed by atoms with Crippen LogP contribution in [0.1, 0.15) is 42.6 Å². The topological polar surface area (TPSA) is 49.9 Å². The number of ether oxygens (including phenoxy) is 1. The monoisotopic (exact) mass is 344 g/mol. The number of likely N-dealkylation sites (tertiary alicyclic amines) is 1. The fourth-order valence-corrected chi connectivity index (χ4v) is 3.69. The standard InChI is InChI=1S/C20H28N2O3/c1-14-6-8-17(9-7-14)19(23)21-10-4-5-18(12-21)20(24)22-11-16(3)25-13-15(22)2/h6-9,15-16,18H,4-5,10-13H2,1-3H3/t15-,16-,18+/m1/s1. The maximum absolute atomic E-state index is 13.0. The molecule has 5 nitrogen and oxygen atoms in total. The van der Waals surface area contributed by atoms with E-state index in [1.807, 2.05) is 54.8 Å². The van der Waals surface area contributed by atoms with E-state index < -0.39 is 0 Å². The van der Waals surface area contributed by atoms with Crippen molar-refractivity contribution in [3.05, 3.63) is 35.4 Å². The van der Waals surface area contributed by atoms with Crippen molar-refractivity contribution in [2.45, 2.75) is 45.8 Å². The molecule has 0 radical (unpaired) electrons. The highest BCUT2D eigenvalue weighted by molar-refractivity contribution is 5.94. The van der Waals surface area contributed by atoms with Gasteiger partial charge in [-0.15, -0.1) is 0 Å². The van der Waals surface area contributed by atoms with Crippen molar-refractivity contribution in [1.82, 2.24) is 9.80 Å². The molecule has 2 fully saturated rings. The molecule has 0 unspecified atom stereocenters. The third kappa shape index (κ3) is 4.03. The van der Waals surface area contributed by atoms with Crippen LogP contribution in [0.5, 0.6) is 0 Å². The van der Waals surface area contributed by atoms with Crippen LogP contribution >= 0.6 is 0 Å². The molecule has 1 aromatic carbocycles. The van der Waals surface area contributed by atoms with Gasteiger partial charge in [-0.05, 0) is 45.7 Å². The largest absolute Gasteiger partial charge is 0.375 e. The number of carbonyl (C=O) groups is 2. The van der Waals surface area contributed by atoms with Crippen molar-refractivity contribution < 1.29 is 14.3 Å². The molecule has 0 N–H and O–H groups in total. The number of aryl methyl sites for hydroxylation is 1. The highest BCUT2D eigenvalue weighted by Gasteiger charge is 2.35. The number of rotatable bonds is 2. The first-order valence-corrected chi connectivity index (χ1v) is 9.23. The summed E-state index contributed by atoms with van der Waals surface area (Å²) in [4.78, 5) is 29.5. The second-order valence-corrected chi connectivity index (χ2v) is 7.44. The van der Waals surface area contributed by atoms with E-state index in [0.717, 1.165) is 24.9 Å². The van der Waals surface area contributed by atoms with Gasteiger partial charge in [-0.1, -0.05) is 17.7 Å². The summed E-state index contributed by atoms with van der Waals surface area (Å²) < 4.78 is 5.63. The van der Waals surface area contributed by atoms with Gasteiger partial charge in [0.25, 0.3) is 5.91 Å². The number of amides is 2. The maximum atomic E-state index is 13.0. The van der Waals surface area contributed by atoms with Crippen LogP contribution in [0.4, 0.5) is 0 Å². The Labute approximate surface area is 149 Å². The number of hydrogen-bond donors (Lipinski definition) is 0. The van der Waals surface area contributed by atoms with Gasteiger partial charge in [0.15, 0.2) is 0 Å². The lowest BCUT2D eigenvalue weighted by molar-refractivity contribution is -0.149. The first-order valence-electron chi connectivity index (χ1n) is 9.23. The molecule has 2 aliphatic rings. The maximum Gasteiger partial charge on any atom is 0.253 e. The van der Waals surface area contributed by atoms with Crippen molar-refractivity contribution in [2.24, 2.45) is 5.92 Å². The van der Waals surface area contributed by atoms with Gasteiger partial charge >= 0.3 is 0 Å². The Bertz CT molecular complexity index is 628. The van der Waals surface area contributed by atoms with Crippen LogP contribution in [-0.2, 0) is 9.53 Å². The molecule has 0 saturated carbocycles. The Morgan fingerprint density at radius 3 is 2.56 bits per heavy atom. The Balaban J connectivity index is 1.67.